The summed E-state index contributed by atoms with van der Waals surface area (Å²) in [7, 11) is 0. The molecule has 1 saturated carbocycles. The van der Waals surface area contributed by atoms with Gasteiger partial charge < -0.3 is 10.2 Å². The molecular formula is C34H32FN5O4. The van der Waals surface area contributed by atoms with E-state index in [0.29, 0.717) is 36.6 Å². The normalized spacial score (nSPS) is 18.9. The molecule has 3 aromatic carbocycles. The number of carbonyl (C=O) groups is 4. The van der Waals surface area contributed by atoms with Gasteiger partial charge in [0.15, 0.2) is 5.78 Å². The maximum absolute atomic E-state index is 14.7. The summed E-state index contributed by atoms with van der Waals surface area (Å²) in [6.45, 7) is 5.99. The van der Waals surface area contributed by atoms with E-state index in [2.05, 4.69) is 22.3 Å². The molecule has 1 aliphatic carbocycles. The van der Waals surface area contributed by atoms with E-state index < -0.39 is 17.9 Å². The molecule has 2 heterocycles. The molecule has 10 heteroatoms. The number of rotatable bonds is 7. The lowest BCUT2D eigenvalue weighted by Crippen LogP contribution is -2.47. The Morgan fingerprint density at radius 2 is 1.68 bits per heavy atom. The highest BCUT2D eigenvalue weighted by atomic mass is 19.1. The predicted octanol–water partition coefficient (Wildman–Crippen LogP) is 4.23. The Bertz CT molecular complexity index is 1680. The predicted molar refractivity (Wildman–Crippen MR) is 162 cm³/mol. The molecule has 1 atom stereocenters. The van der Waals surface area contributed by atoms with Gasteiger partial charge in [-0.05, 0) is 54.3 Å². The number of amides is 2. The summed E-state index contributed by atoms with van der Waals surface area (Å²) in [5.41, 5.74) is 4.86. The molecule has 2 amide bonds. The Hall–Kier alpha value is -4.88. The van der Waals surface area contributed by atoms with Crippen LogP contribution in [0.2, 0.25) is 0 Å². The van der Waals surface area contributed by atoms with E-state index in [1.807, 2.05) is 30.0 Å². The summed E-state index contributed by atoms with van der Waals surface area (Å²) in [6.07, 6.45) is 0.107. The van der Waals surface area contributed by atoms with Crippen molar-refractivity contribution in [2.24, 2.45) is 0 Å². The van der Waals surface area contributed by atoms with Gasteiger partial charge in [-0.3, -0.25) is 29.0 Å². The number of ketones is 2. The van der Waals surface area contributed by atoms with Crippen LogP contribution in [0, 0.1) is 24.1 Å². The molecule has 0 aromatic heterocycles. The maximum atomic E-state index is 14.7. The van der Waals surface area contributed by atoms with Gasteiger partial charge in [-0.15, -0.1) is 0 Å². The van der Waals surface area contributed by atoms with Crippen molar-refractivity contribution in [1.82, 2.24) is 9.80 Å². The van der Waals surface area contributed by atoms with E-state index >= 15 is 0 Å². The number of halogens is 1. The minimum absolute atomic E-state index is 0.162. The topological polar surface area (TPSA) is 114 Å². The number of aryl methyl sites for hydroxylation is 1. The van der Waals surface area contributed by atoms with Gasteiger partial charge in [0.25, 0.3) is 11.8 Å². The Kier molecular flexibility index (Phi) is 7.97. The van der Waals surface area contributed by atoms with Crippen molar-refractivity contribution in [2.45, 2.75) is 45.3 Å². The minimum Gasteiger partial charge on any atom is -0.380 e. The number of anilines is 2. The first-order chi connectivity index (χ1) is 21.2. The van der Waals surface area contributed by atoms with E-state index in [1.165, 1.54) is 6.07 Å². The number of nitrogens with zero attached hydrogens (tertiary/aromatic N) is 4. The van der Waals surface area contributed by atoms with Gasteiger partial charge >= 0.3 is 0 Å². The number of piperazine rings is 1. The third-order valence-electron chi connectivity index (χ3n) is 8.68. The second kappa shape index (κ2) is 12.0. The van der Waals surface area contributed by atoms with Crippen LogP contribution in [0.3, 0.4) is 0 Å². The number of nitriles is 1. The van der Waals surface area contributed by atoms with Gasteiger partial charge in [-0.2, -0.15) is 5.26 Å². The number of hydrogen-bond acceptors (Lipinski definition) is 8. The molecule has 2 aliphatic heterocycles. The largest absolute Gasteiger partial charge is 0.380 e. The number of imide groups is 1. The van der Waals surface area contributed by atoms with Crippen LogP contribution in [0.1, 0.15) is 62.2 Å². The van der Waals surface area contributed by atoms with E-state index in [-0.39, 0.29) is 47.8 Å². The standard InChI is InChI=1S/C34H32FN5O4/c1-21-15-24(18-36)16-27(35)32(21)39-13-11-38(12-14-39)20-23-7-5-22(6-8-23)19-37-28-4-2-3-26-31(28)34(44)40(33(26)43)29-10-9-25(41)17-30(29)42/h2-8,15-16,29,37H,9-14,17,19-20H2,1H3. The van der Waals surface area contributed by atoms with E-state index in [1.54, 1.807) is 24.3 Å². The molecule has 3 aromatic rings. The average Bonchev–Trinajstić information content (AvgIpc) is 3.27. The first kappa shape index (κ1) is 29.2. The van der Waals surface area contributed by atoms with Gasteiger partial charge in [0.1, 0.15) is 11.6 Å². The highest BCUT2D eigenvalue weighted by Gasteiger charge is 2.45. The number of hydrogen-bond donors (Lipinski definition) is 1. The van der Waals surface area contributed by atoms with E-state index in [4.69, 9.17) is 5.26 Å². The lowest BCUT2D eigenvalue weighted by molar-refractivity contribution is -0.132. The molecule has 0 radical (unpaired) electrons. The van der Waals surface area contributed by atoms with Crippen LogP contribution in [-0.2, 0) is 22.7 Å². The molecule has 2 fully saturated rings. The van der Waals surface area contributed by atoms with E-state index in [9.17, 15) is 23.6 Å². The molecule has 0 spiro atoms. The number of carbonyl (C=O) groups excluding carboxylic acids is 4. The highest BCUT2D eigenvalue weighted by molar-refractivity contribution is 6.25. The molecule has 44 heavy (non-hydrogen) atoms. The van der Waals surface area contributed by atoms with Gasteiger partial charge in [0.2, 0.25) is 0 Å². The third-order valence-corrected chi connectivity index (χ3v) is 8.68. The third kappa shape index (κ3) is 5.58. The number of fused-ring (bicyclic) bond motifs is 1. The molecule has 1 unspecified atom stereocenters. The van der Waals surface area contributed by atoms with Crippen molar-refractivity contribution in [3.8, 4) is 6.07 Å². The first-order valence-electron chi connectivity index (χ1n) is 14.8. The molecule has 3 aliphatic rings. The van der Waals surface area contributed by atoms with Crippen LogP contribution in [0.5, 0.6) is 0 Å². The Morgan fingerprint density at radius 3 is 2.36 bits per heavy atom. The SMILES string of the molecule is Cc1cc(C#N)cc(F)c1N1CCN(Cc2ccc(CNc3cccc4c3C(=O)N(C3CCC(=O)CC3=O)C4=O)cc2)CC1. The monoisotopic (exact) mass is 593 g/mol. The molecule has 0 bridgehead atoms. The second-order valence-electron chi connectivity index (χ2n) is 11.6. The van der Waals surface area contributed by atoms with Crippen LogP contribution in [-0.4, -0.2) is 65.4 Å². The van der Waals surface area contributed by atoms with Gasteiger partial charge in [-0.1, -0.05) is 30.3 Å². The highest BCUT2D eigenvalue weighted by Crippen LogP contribution is 2.33. The second-order valence-corrected chi connectivity index (χ2v) is 11.6. The molecule has 1 N–H and O–H groups in total. The summed E-state index contributed by atoms with van der Waals surface area (Å²) in [5.74, 6) is -1.91. The quantitative estimate of drug-likeness (QED) is 0.320. The zero-order valence-electron chi connectivity index (χ0n) is 24.4. The van der Waals surface area contributed by atoms with Gasteiger partial charge in [0.05, 0.1) is 40.9 Å². The Labute approximate surface area is 254 Å². The summed E-state index contributed by atoms with van der Waals surface area (Å²) in [4.78, 5) is 56.0. The molecule has 9 nitrogen and oxygen atoms in total. The number of Topliss-reactive ketones (excluding diaryl/α,β-unsaturated/α-hetero) is 2. The molecule has 6 rings (SSSR count). The van der Waals surface area contributed by atoms with E-state index in [0.717, 1.165) is 41.2 Å². The number of nitrogens with one attached hydrogen (secondary N) is 1. The van der Waals surface area contributed by atoms with Crippen molar-refractivity contribution < 1.29 is 23.6 Å². The molecule has 224 valence electrons. The van der Waals surface area contributed by atoms with Crippen molar-refractivity contribution >= 4 is 34.8 Å². The lowest BCUT2D eigenvalue weighted by Gasteiger charge is -2.37. The minimum atomic E-state index is -0.898. The zero-order valence-corrected chi connectivity index (χ0v) is 24.4. The summed E-state index contributed by atoms with van der Waals surface area (Å²) in [6, 6.07) is 17.4. The molecular weight excluding hydrogens is 561 g/mol. The van der Waals surface area contributed by atoms with Gasteiger partial charge in [0, 0.05) is 51.4 Å². The Morgan fingerprint density at radius 1 is 0.955 bits per heavy atom. The summed E-state index contributed by atoms with van der Waals surface area (Å²) in [5, 5.41) is 12.4. The van der Waals surface area contributed by atoms with Crippen LogP contribution in [0.4, 0.5) is 15.8 Å². The van der Waals surface area contributed by atoms with Crippen molar-refractivity contribution in [1.29, 1.82) is 5.26 Å². The van der Waals surface area contributed by atoms with Crippen LogP contribution in [0.15, 0.2) is 54.6 Å². The van der Waals surface area contributed by atoms with Crippen molar-refractivity contribution in [3.63, 3.8) is 0 Å². The lowest BCUT2D eigenvalue weighted by atomic mass is 9.92. The van der Waals surface area contributed by atoms with Gasteiger partial charge in [-0.25, -0.2) is 4.39 Å². The summed E-state index contributed by atoms with van der Waals surface area (Å²) >= 11 is 0. The average molecular weight is 594 g/mol. The fourth-order valence-electron chi connectivity index (χ4n) is 6.42. The fourth-order valence-corrected chi connectivity index (χ4v) is 6.42. The van der Waals surface area contributed by atoms with Crippen LogP contribution >= 0.6 is 0 Å². The summed E-state index contributed by atoms with van der Waals surface area (Å²) < 4.78 is 14.7. The van der Waals surface area contributed by atoms with Crippen molar-refractivity contribution in [3.05, 3.63) is 93.8 Å². The van der Waals surface area contributed by atoms with Crippen molar-refractivity contribution in [2.75, 3.05) is 36.4 Å². The zero-order chi connectivity index (χ0) is 31.0. The first-order valence-corrected chi connectivity index (χ1v) is 14.8. The van der Waals surface area contributed by atoms with Crippen LogP contribution in [0.25, 0.3) is 0 Å². The maximum Gasteiger partial charge on any atom is 0.264 e. The number of benzene rings is 3. The van der Waals surface area contributed by atoms with Crippen LogP contribution < -0.4 is 10.2 Å². The fraction of sp³-hybridized carbons (Fsp3) is 0.324. The Balaban J connectivity index is 1.05. The molecule has 1 saturated heterocycles. The smallest absolute Gasteiger partial charge is 0.264 e.